The van der Waals surface area contributed by atoms with Gasteiger partial charge in [0, 0.05) is 22.2 Å². The van der Waals surface area contributed by atoms with Crippen LogP contribution in [0.25, 0.3) is 10.2 Å². The zero-order valence-corrected chi connectivity index (χ0v) is 18.4. The Morgan fingerprint density at radius 2 is 1.79 bits per heavy atom. The highest BCUT2D eigenvalue weighted by Crippen LogP contribution is 2.31. The predicted octanol–water partition coefficient (Wildman–Crippen LogP) is 5.76. The van der Waals surface area contributed by atoms with Gasteiger partial charge in [0.15, 0.2) is 5.13 Å². The molecule has 0 N–H and O–H groups in total. The molecule has 150 valence electrons. The Balaban J connectivity index is 0.00000280. The zero-order valence-electron chi connectivity index (χ0n) is 15.3. The molecule has 1 heterocycles. The van der Waals surface area contributed by atoms with E-state index in [9.17, 15) is 9.18 Å². The Hall–Kier alpha value is -1.44. The molecule has 0 saturated heterocycles. The molecule has 0 bridgehead atoms. The highest BCUT2D eigenvalue weighted by Gasteiger charge is 2.22. The van der Waals surface area contributed by atoms with Gasteiger partial charge in [0.05, 0.1) is 10.2 Å². The molecule has 1 aromatic heterocycles. The van der Waals surface area contributed by atoms with Gasteiger partial charge in [-0.3, -0.25) is 9.69 Å². The van der Waals surface area contributed by atoms with Gasteiger partial charge in [-0.1, -0.05) is 34.5 Å². The molecule has 0 atom stereocenters. The molecule has 0 saturated carbocycles. The minimum atomic E-state index is -0.329. The summed E-state index contributed by atoms with van der Waals surface area (Å²) in [4.78, 5) is 21.3. The Kier molecular flexibility index (Phi) is 8.04. The number of hydrogen-bond acceptors (Lipinski definition) is 4. The van der Waals surface area contributed by atoms with Gasteiger partial charge in [0.1, 0.15) is 5.82 Å². The summed E-state index contributed by atoms with van der Waals surface area (Å²) in [5.41, 5.74) is 1.05. The number of hydrogen-bond donors (Lipinski definition) is 0. The number of fused-ring (bicyclic) bond motifs is 1. The molecule has 28 heavy (non-hydrogen) atoms. The minimum Gasteiger partial charge on any atom is -0.309 e. The van der Waals surface area contributed by atoms with E-state index in [4.69, 9.17) is 23.2 Å². The number of aromatic nitrogens is 1. The van der Waals surface area contributed by atoms with Crippen LogP contribution in [0.2, 0.25) is 10.0 Å². The first-order valence-corrected chi connectivity index (χ1v) is 9.89. The Labute approximate surface area is 183 Å². The van der Waals surface area contributed by atoms with Gasteiger partial charge >= 0.3 is 0 Å². The van der Waals surface area contributed by atoms with Crippen LogP contribution in [0.1, 0.15) is 16.8 Å². The predicted molar refractivity (Wildman–Crippen MR) is 118 cm³/mol. The number of nitrogens with zero attached hydrogens (tertiary/aromatic N) is 3. The van der Waals surface area contributed by atoms with Crippen LogP contribution in [0.15, 0.2) is 36.4 Å². The van der Waals surface area contributed by atoms with Gasteiger partial charge in [0.2, 0.25) is 0 Å². The van der Waals surface area contributed by atoms with Gasteiger partial charge in [-0.25, -0.2) is 9.37 Å². The third-order valence-electron chi connectivity index (χ3n) is 3.91. The normalized spacial score (nSPS) is 10.9. The average molecular weight is 463 g/mol. The van der Waals surface area contributed by atoms with Gasteiger partial charge < -0.3 is 4.90 Å². The lowest BCUT2D eigenvalue weighted by Gasteiger charge is -2.21. The van der Waals surface area contributed by atoms with Gasteiger partial charge in [0.25, 0.3) is 5.91 Å². The standard InChI is InChI=1S/C19H18Cl2FN3OS.ClH/c1-24(2)6-3-7-25(18(26)12-8-13(20)10-14(21)9-12)19-23-16-5-4-15(22)11-17(16)27-19;/h4-5,8-11H,3,6-7H2,1-2H3;1H. The van der Waals surface area contributed by atoms with Crippen LogP contribution in [0.4, 0.5) is 9.52 Å². The van der Waals surface area contributed by atoms with Gasteiger partial charge in [-0.2, -0.15) is 0 Å². The Morgan fingerprint density at radius 3 is 2.43 bits per heavy atom. The molecule has 0 aliphatic heterocycles. The lowest BCUT2D eigenvalue weighted by Crippen LogP contribution is -2.33. The first kappa shape index (κ1) is 22.8. The number of carbonyl (C=O) groups excluding carboxylic acids is 1. The van der Waals surface area contributed by atoms with Crippen molar-refractivity contribution in [3.63, 3.8) is 0 Å². The lowest BCUT2D eigenvalue weighted by atomic mass is 10.2. The largest absolute Gasteiger partial charge is 0.309 e. The maximum Gasteiger partial charge on any atom is 0.260 e. The fourth-order valence-electron chi connectivity index (χ4n) is 2.66. The summed E-state index contributed by atoms with van der Waals surface area (Å²) in [6.07, 6.45) is 0.761. The van der Waals surface area contributed by atoms with E-state index in [2.05, 4.69) is 4.98 Å². The molecular weight excluding hydrogens is 444 g/mol. The number of amides is 1. The van der Waals surface area contributed by atoms with Crippen LogP contribution in [0.5, 0.6) is 0 Å². The highest BCUT2D eigenvalue weighted by atomic mass is 35.5. The van der Waals surface area contributed by atoms with Crippen LogP contribution < -0.4 is 4.90 Å². The minimum absolute atomic E-state index is 0. The van der Waals surface area contributed by atoms with Crippen LogP contribution >= 0.6 is 46.9 Å². The molecule has 3 rings (SSSR count). The first-order chi connectivity index (χ1) is 12.8. The van der Waals surface area contributed by atoms with E-state index in [1.165, 1.54) is 23.5 Å². The molecule has 0 unspecified atom stereocenters. The maximum atomic E-state index is 13.5. The van der Waals surface area contributed by atoms with Crippen LogP contribution in [0, 0.1) is 5.82 Å². The second-order valence-electron chi connectivity index (χ2n) is 6.38. The van der Waals surface area contributed by atoms with Crippen LogP contribution in [-0.2, 0) is 0 Å². The van der Waals surface area contributed by atoms with E-state index in [1.54, 1.807) is 29.2 Å². The van der Waals surface area contributed by atoms with Gasteiger partial charge in [-0.05, 0) is 63.5 Å². The number of halogens is 4. The summed E-state index contributed by atoms with van der Waals surface area (Å²) in [5.74, 6) is -0.567. The molecule has 0 aliphatic carbocycles. The highest BCUT2D eigenvalue weighted by molar-refractivity contribution is 7.22. The van der Waals surface area contributed by atoms with Crippen molar-refractivity contribution in [3.05, 3.63) is 57.8 Å². The molecule has 0 fully saturated rings. The SMILES string of the molecule is CN(C)CCCN(C(=O)c1cc(Cl)cc(Cl)c1)c1nc2ccc(F)cc2s1.Cl. The topological polar surface area (TPSA) is 36.4 Å². The van der Waals surface area contributed by atoms with Crippen molar-refractivity contribution >= 4 is 68.2 Å². The quantitative estimate of drug-likeness (QED) is 0.467. The molecule has 0 spiro atoms. The van der Waals surface area contributed by atoms with E-state index in [1.807, 2.05) is 19.0 Å². The summed E-state index contributed by atoms with van der Waals surface area (Å²) in [5, 5.41) is 1.31. The maximum absolute atomic E-state index is 13.5. The fourth-order valence-corrected chi connectivity index (χ4v) is 4.20. The van der Waals surface area contributed by atoms with Crippen molar-refractivity contribution in [2.75, 3.05) is 32.1 Å². The summed E-state index contributed by atoms with van der Waals surface area (Å²) in [6, 6.07) is 9.15. The molecule has 1 amide bonds. The summed E-state index contributed by atoms with van der Waals surface area (Å²) < 4.78 is 14.2. The van der Waals surface area contributed by atoms with Crippen molar-refractivity contribution in [2.45, 2.75) is 6.42 Å². The number of anilines is 1. The summed E-state index contributed by atoms with van der Waals surface area (Å²) in [7, 11) is 3.95. The summed E-state index contributed by atoms with van der Waals surface area (Å²) >= 11 is 13.4. The molecule has 3 aromatic rings. The van der Waals surface area contributed by atoms with E-state index in [-0.39, 0.29) is 24.1 Å². The van der Waals surface area contributed by atoms with E-state index in [0.717, 1.165) is 13.0 Å². The lowest BCUT2D eigenvalue weighted by molar-refractivity contribution is 0.0986. The van der Waals surface area contributed by atoms with E-state index < -0.39 is 0 Å². The smallest absolute Gasteiger partial charge is 0.260 e. The second kappa shape index (κ2) is 9.85. The van der Waals surface area contributed by atoms with Crippen molar-refractivity contribution in [2.24, 2.45) is 0 Å². The molecule has 9 heteroatoms. The molecular formula is C19H19Cl3FN3OS. The monoisotopic (exact) mass is 461 g/mol. The van der Waals surface area contributed by atoms with Crippen LogP contribution in [-0.4, -0.2) is 43.0 Å². The third kappa shape index (κ3) is 5.55. The number of benzene rings is 2. The van der Waals surface area contributed by atoms with Crippen molar-refractivity contribution in [1.82, 2.24) is 9.88 Å². The molecule has 0 aliphatic rings. The summed E-state index contributed by atoms with van der Waals surface area (Å²) in [6.45, 7) is 1.29. The first-order valence-electron chi connectivity index (χ1n) is 8.32. The molecule has 0 radical (unpaired) electrons. The molecule has 2 aromatic carbocycles. The average Bonchev–Trinajstić information content (AvgIpc) is 2.99. The second-order valence-corrected chi connectivity index (χ2v) is 8.26. The Morgan fingerprint density at radius 1 is 1.11 bits per heavy atom. The van der Waals surface area contributed by atoms with E-state index in [0.29, 0.717) is 37.5 Å². The number of rotatable bonds is 6. The van der Waals surface area contributed by atoms with Crippen molar-refractivity contribution < 1.29 is 9.18 Å². The van der Waals surface area contributed by atoms with E-state index >= 15 is 0 Å². The van der Waals surface area contributed by atoms with Gasteiger partial charge in [-0.15, -0.1) is 12.4 Å². The zero-order chi connectivity index (χ0) is 19.6. The van der Waals surface area contributed by atoms with Crippen molar-refractivity contribution in [3.8, 4) is 0 Å². The number of carbonyl (C=O) groups is 1. The third-order valence-corrected chi connectivity index (χ3v) is 5.39. The Bertz CT molecular complexity index is 960. The fraction of sp³-hybridized carbons (Fsp3) is 0.263. The van der Waals surface area contributed by atoms with Crippen molar-refractivity contribution in [1.29, 1.82) is 0 Å². The number of thiazole rings is 1. The van der Waals surface area contributed by atoms with Crippen LogP contribution in [0.3, 0.4) is 0 Å². The molecule has 4 nitrogen and oxygen atoms in total.